The van der Waals surface area contributed by atoms with E-state index in [0.717, 1.165) is 24.8 Å². The number of hydrogen-bond acceptors (Lipinski definition) is 3. The number of thioether (sulfide) groups is 1. The molecule has 0 aliphatic carbocycles. The molecular formula is C17H26FIN4OS. The Hall–Kier alpha value is -1.03. The van der Waals surface area contributed by atoms with Crippen LogP contribution in [0.3, 0.4) is 0 Å². The van der Waals surface area contributed by atoms with Gasteiger partial charge in [0.15, 0.2) is 5.96 Å². The highest BCUT2D eigenvalue weighted by Gasteiger charge is 2.28. The van der Waals surface area contributed by atoms with Crippen molar-refractivity contribution in [3.05, 3.63) is 35.6 Å². The Morgan fingerprint density at radius 2 is 2.00 bits per heavy atom. The van der Waals surface area contributed by atoms with E-state index < -0.39 is 11.7 Å². The highest BCUT2D eigenvalue weighted by atomic mass is 127. The number of hydrogen-bond donors (Lipinski definition) is 2. The molecule has 0 saturated carbocycles. The van der Waals surface area contributed by atoms with E-state index in [-0.39, 0.29) is 34.3 Å². The van der Waals surface area contributed by atoms with Gasteiger partial charge < -0.3 is 15.5 Å². The first kappa shape index (κ1) is 22.0. The summed E-state index contributed by atoms with van der Waals surface area (Å²) in [6.45, 7) is 7.28. The van der Waals surface area contributed by atoms with E-state index in [1.807, 2.05) is 11.8 Å². The van der Waals surface area contributed by atoms with E-state index in [1.54, 1.807) is 19.2 Å². The number of aliphatic imine (C=N–C) groups is 1. The number of halogens is 2. The molecule has 1 aromatic carbocycles. The second-order valence-corrected chi connectivity index (χ2v) is 8.04. The number of carbonyl (C=O) groups excluding carboxylic acids is 1. The number of rotatable bonds is 4. The lowest BCUT2D eigenvalue weighted by Crippen LogP contribution is -2.51. The Balaban J connectivity index is 0.00000312. The first-order valence-electron chi connectivity index (χ1n) is 8.05. The predicted octanol–water partition coefficient (Wildman–Crippen LogP) is 2.58. The van der Waals surface area contributed by atoms with Crippen LogP contribution in [0.2, 0.25) is 0 Å². The van der Waals surface area contributed by atoms with Gasteiger partial charge in [0.25, 0.3) is 5.91 Å². The molecule has 0 atom stereocenters. The van der Waals surface area contributed by atoms with Gasteiger partial charge in [-0.1, -0.05) is 12.1 Å². The van der Waals surface area contributed by atoms with Gasteiger partial charge in [-0.2, -0.15) is 11.8 Å². The summed E-state index contributed by atoms with van der Waals surface area (Å²) in [6.07, 6.45) is 0. The molecule has 0 aromatic heterocycles. The van der Waals surface area contributed by atoms with Crippen LogP contribution in [-0.4, -0.2) is 60.5 Å². The molecule has 0 bridgehead atoms. The van der Waals surface area contributed by atoms with E-state index in [0.29, 0.717) is 13.1 Å². The van der Waals surface area contributed by atoms with Crippen LogP contribution < -0.4 is 10.6 Å². The van der Waals surface area contributed by atoms with Crippen molar-refractivity contribution < 1.29 is 9.18 Å². The van der Waals surface area contributed by atoms with Crippen molar-refractivity contribution in [1.82, 2.24) is 15.5 Å². The lowest BCUT2D eigenvalue weighted by Gasteiger charge is -2.39. The van der Waals surface area contributed by atoms with E-state index in [1.165, 1.54) is 12.1 Å². The van der Waals surface area contributed by atoms with Crippen LogP contribution in [-0.2, 0) is 0 Å². The van der Waals surface area contributed by atoms with Gasteiger partial charge in [0, 0.05) is 43.7 Å². The third-order valence-corrected chi connectivity index (χ3v) is 5.05. The Labute approximate surface area is 170 Å². The second-order valence-electron chi connectivity index (χ2n) is 6.24. The van der Waals surface area contributed by atoms with Gasteiger partial charge in [0.05, 0.1) is 5.56 Å². The maximum atomic E-state index is 13.5. The quantitative estimate of drug-likeness (QED) is 0.301. The lowest BCUT2D eigenvalue weighted by atomic mass is 10.2. The van der Waals surface area contributed by atoms with Crippen molar-refractivity contribution in [2.24, 2.45) is 4.99 Å². The molecule has 2 N–H and O–H groups in total. The monoisotopic (exact) mass is 480 g/mol. The second kappa shape index (κ2) is 10.2. The van der Waals surface area contributed by atoms with Gasteiger partial charge in [-0.05, 0) is 26.0 Å². The fourth-order valence-electron chi connectivity index (χ4n) is 2.62. The maximum absolute atomic E-state index is 13.5. The van der Waals surface area contributed by atoms with Gasteiger partial charge >= 0.3 is 0 Å². The van der Waals surface area contributed by atoms with Gasteiger partial charge in [-0.3, -0.25) is 9.79 Å². The highest BCUT2D eigenvalue weighted by molar-refractivity contribution is 14.0. The summed E-state index contributed by atoms with van der Waals surface area (Å²) in [6, 6.07) is 5.97. The Morgan fingerprint density at radius 1 is 1.32 bits per heavy atom. The number of carbonyl (C=O) groups is 1. The number of nitrogens with one attached hydrogen (secondary N) is 2. The summed E-state index contributed by atoms with van der Waals surface area (Å²) in [7, 11) is 1.76. The van der Waals surface area contributed by atoms with Gasteiger partial charge in [0.2, 0.25) is 0 Å². The Morgan fingerprint density at radius 3 is 2.64 bits per heavy atom. The molecule has 1 amide bonds. The molecule has 1 heterocycles. The summed E-state index contributed by atoms with van der Waals surface area (Å²) in [5.74, 6) is 0.994. The molecule has 2 rings (SSSR count). The van der Waals surface area contributed by atoms with Crippen LogP contribution in [0.5, 0.6) is 0 Å². The molecule has 8 heteroatoms. The van der Waals surface area contributed by atoms with Crippen LogP contribution in [0.4, 0.5) is 4.39 Å². The third kappa shape index (κ3) is 6.65. The van der Waals surface area contributed by atoms with Crippen molar-refractivity contribution in [3.8, 4) is 0 Å². The summed E-state index contributed by atoms with van der Waals surface area (Å²) in [4.78, 5) is 18.5. The minimum Gasteiger partial charge on any atom is -0.354 e. The van der Waals surface area contributed by atoms with Gasteiger partial charge in [-0.25, -0.2) is 4.39 Å². The SMILES string of the molecule is CN=C(NCCNC(=O)c1ccccc1F)N1CCSC(C)(C)C1.I. The molecule has 0 radical (unpaired) electrons. The van der Waals surface area contributed by atoms with Crippen molar-refractivity contribution in [2.45, 2.75) is 18.6 Å². The van der Waals surface area contributed by atoms with E-state index in [4.69, 9.17) is 0 Å². The van der Waals surface area contributed by atoms with Gasteiger partial charge in [0.1, 0.15) is 5.82 Å². The predicted molar refractivity (Wildman–Crippen MR) is 114 cm³/mol. The topological polar surface area (TPSA) is 56.7 Å². The zero-order valence-corrected chi connectivity index (χ0v) is 18.0. The normalized spacial score (nSPS) is 16.8. The van der Waals surface area contributed by atoms with Crippen molar-refractivity contribution in [3.63, 3.8) is 0 Å². The Kier molecular flexibility index (Phi) is 8.98. The molecule has 5 nitrogen and oxygen atoms in total. The summed E-state index contributed by atoms with van der Waals surface area (Å²) in [5, 5.41) is 5.98. The Bertz CT molecular complexity index is 612. The minimum absolute atomic E-state index is 0. The standard InChI is InChI=1S/C17H25FN4OS.HI/c1-17(2)12-22(10-11-24-17)16(19-3)21-9-8-20-15(23)13-6-4-5-7-14(13)18;/h4-7H,8-12H2,1-3H3,(H,19,21)(H,20,23);1H. The average molecular weight is 480 g/mol. The van der Waals surface area contributed by atoms with E-state index >= 15 is 0 Å². The fraction of sp³-hybridized carbons (Fsp3) is 0.529. The molecule has 1 aromatic rings. The minimum atomic E-state index is -0.508. The molecule has 1 fully saturated rings. The molecule has 1 aliphatic heterocycles. The molecular weight excluding hydrogens is 454 g/mol. The average Bonchev–Trinajstić information content (AvgIpc) is 2.54. The van der Waals surface area contributed by atoms with Crippen molar-refractivity contribution in [2.75, 3.05) is 39.0 Å². The van der Waals surface area contributed by atoms with Crippen LogP contribution in [0.25, 0.3) is 0 Å². The van der Waals surface area contributed by atoms with Crippen LogP contribution in [0.1, 0.15) is 24.2 Å². The number of nitrogens with zero attached hydrogens (tertiary/aromatic N) is 2. The van der Waals surface area contributed by atoms with E-state index in [9.17, 15) is 9.18 Å². The number of guanidine groups is 1. The van der Waals surface area contributed by atoms with Gasteiger partial charge in [-0.15, -0.1) is 24.0 Å². The molecule has 0 spiro atoms. The third-order valence-electron chi connectivity index (χ3n) is 3.75. The first-order chi connectivity index (χ1) is 11.4. The van der Waals surface area contributed by atoms with Crippen LogP contribution in [0, 0.1) is 5.82 Å². The summed E-state index contributed by atoms with van der Waals surface area (Å²) in [5.41, 5.74) is 0.0664. The molecule has 140 valence electrons. The van der Waals surface area contributed by atoms with Crippen LogP contribution in [0.15, 0.2) is 29.3 Å². The smallest absolute Gasteiger partial charge is 0.254 e. The zero-order valence-electron chi connectivity index (χ0n) is 14.8. The zero-order chi connectivity index (χ0) is 17.6. The maximum Gasteiger partial charge on any atom is 0.254 e. The van der Waals surface area contributed by atoms with Crippen LogP contribution >= 0.6 is 35.7 Å². The first-order valence-corrected chi connectivity index (χ1v) is 9.04. The molecule has 25 heavy (non-hydrogen) atoms. The number of benzene rings is 1. The van der Waals surface area contributed by atoms with Crippen molar-refractivity contribution in [1.29, 1.82) is 0 Å². The summed E-state index contributed by atoms with van der Waals surface area (Å²) < 4.78 is 13.7. The molecule has 1 saturated heterocycles. The highest BCUT2D eigenvalue weighted by Crippen LogP contribution is 2.29. The molecule has 1 aliphatic rings. The van der Waals surface area contributed by atoms with E-state index in [2.05, 4.69) is 34.4 Å². The fourth-order valence-corrected chi connectivity index (χ4v) is 3.73. The number of amides is 1. The summed E-state index contributed by atoms with van der Waals surface area (Å²) >= 11 is 1.97. The largest absolute Gasteiger partial charge is 0.354 e. The lowest BCUT2D eigenvalue weighted by molar-refractivity contribution is 0.0950. The van der Waals surface area contributed by atoms with Crippen molar-refractivity contribution >= 4 is 47.6 Å². The molecule has 0 unspecified atom stereocenters.